The van der Waals surface area contributed by atoms with E-state index >= 15 is 0 Å². The number of rotatable bonds is 5. The molecule has 0 aromatic heterocycles. The number of ether oxygens (including phenoxy) is 1. The summed E-state index contributed by atoms with van der Waals surface area (Å²) in [6.45, 7) is 3.72. The van der Waals surface area contributed by atoms with Crippen molar-refractivity contribution in [3.63, 3.8) is 0 Å². The lowest BCUT2D eigenvalue weighted by molar-refractivity contribution is -0.144. The van der Waals surface area contributed by atoms with Gasteiger partial charge < -0.3 is 15.4 Å². The van der Waals surface area contributed by atoms with E-state index in [1.807, 2.05) is 13.8 Å². The van der Waals surface area contributed by atoms with Crippen LogP contribution in [0.2, 0.25) is 0 Å². The molecule has 110 valence electrons. The molecule has 0 spiro atoms. The van der Waals surface area contributed by atoms with E-state index in [1.165, 1.54) is 25.3 Å². The molecule has 0 saturated heterocycles. The Labute approximate surface area is 117 Å². The highest BCUT2D eigenvalue weighted by molar-refractivity contribution is 5.92. The Balaban J connectivity index is 2.72. The second-order valence-electron chi connectivity index (χ2n) is 4.46. The fourth-order valence-corrected chi connectivity index (χ4v) is 1.66. The number of esters is 1. The summed E-state index contributed by atoms with van der Waals surface area (Å²) in [7, 11) is 1.26. The summed E-state index contributed by atoms with van der Waals surface area (Å²) >= 11 is 0. The quantitative estimate of drug-likeness (QED) is 0.815. The lowest BCUT2D eigenvalue weighted by atomic mass is 9.99. The highest BCUT2D eigenvalue weighted by atomic mass is 19.1. The molecule has 2 N–H and O–H groups in total. The molecular formula is C14H19FN2O3. The topological polar surface area (TPSA) is 67.4 Å². The molecule has 0 radical (unpaired) electrons. The normalized spacial score (nSPS) is 13.2. The fourth-order valence-electron chi connectivity index (χ4n) is 1.66. The van der Waals surface area contributed by atoms with Gasteiger partial charge in [0.1, 0.15) is 11.9 Å². The Morgan fingerprint density at radius 1 is 1.35 bits per heavy atom. The average Bonchev–Trinajstić information content (AvgIpc) is 2.45. The monoisotopic (exact) mass is 282 g/mol. The van der Waals surface area contributed by atoms with Crippen LogP contribution in [0.25, 0.3) is 0 Å². The number of methoxy groups -OCH3 is 1. The van der Waals surface area contributed by atoms with E-state index < -0.39 is 23.9 Å². The lowest BCUT2D eigenvalue weighted by Crippen LogP contribution is -2.47. The third-order valence-corrected chi connectivity index (χ3v) is 3.08. The van der Waals surface area contributed by atoms with E-state index in [1.54, 1.807) is 6.07 Å². The van der Waals surface area contributed by atoms with Crippen molar-refractivity contribution in [2.45, 2.75) is 26.3 Å². The van der Waals surface area contributed by atoms with Gasteiger partial charge in [-0.15, -0.1) is 0 Å². The minimum Gasteiger partial charge on any atom is -0.467 e. The molecular weight excluding hydrogens is 263 g/mol. The van der Waals surface area contributed by atoms with Crippen LogP contribution in [0.5, 0.6) is 0 Å². The van der Waals surface area contributed by atoms with Gasteiger partial charge >= 0.3 is 12.0 Å². The maximum atomic E-state index is 13.4. The standard InChI is InChI=1S/C14H19FN2O3/c1-4-9(2)12(13(18)20-3)17-14(19)16-11-8-6-5-7-10(11)15/h5-9,12H,4H2,1-3H3,(H2,16,17,19)/t9-,12+/m1/s1. The number of halogens is 1. The molecule has 5 nitrogen and oxygen atoms in total. The first kappa shape index (κ1) is 15.9. The maximum Gasteiger partial charge on any atom is 0.328 e. The van der Waals surface area contributed by atoms with E-state index in [0.717, 1.165) is 0 Å². The summed E-state index contributed by atoms with van der Waals surface area (Å²) in [5, 5.41) is 4.87. The van der Waals surface area contributed by atoms with E-state index in [0.29, 0.717) is 6.42 Å². The van der Waals surface area contributed by atoms with Crippen molar-refractivity contribution >= 4 is 17.7 Å². The molecule has 0 unspecified atom stereocenters. The SMILES string of the molecule is CC[C@@H](C)[C@H](NC(=O)Nc1ccccc1F)C(=O)OC. The highest BCUT2D eigenvalue weighted by Crippen LogP contribution is 2.13. The van der Waals surface area contributed by atoms with Crippen molar-refractivity contribution in [2.24, 2.45) is 5.92 Å². The molecule has 0 aliphatic carbocycles. The Bertz CT molecular complexity index is 479. The molecule has 2 atom stereocenters. The van der Waals surface area contributed by atoms with Crippen molar-refractivity contribution in [2.75, 3.05) is 12.4 Å². The van der Waals surface area contributed by atoms with E-state index in [9.17, 15) is 14.0 Å². The van der Waals surface area contributed by atoms with E-state index in [-0.39, 0.29) is 11.6 Å². The molecule has 0 aliphatic heterocycles. The summed E-state index contributed by atoms with van der Waals surface area (Å²) in [4.78, 5) is 23.4. The van der Waals surface area contributed by atoms with Crippen LogP contribution >= 0.6 is 0 Å². The molecule has 6 heteroatoms. The first-order valence-electron chi connectivity index (χ1n) is 6.39. The van der Waals surface area contributed by atoms with Gasteiger partial charge in [0.05, 0.1) is 12.8 Å². The van der Waals surface area contributed by atoms with Gasteiger partial charge in [0.2, 0.25) is 0 Å². The van der Waals surface area contributed by atoms with Crippen LogP contribution in [0.1, 0.15) is 20.3 Å². The Morgan fingerprint density at radius 2 is 2.00 bits per heavy atom. The van der Waals surface area contributed by atoms with Gasteiger partial charge in [-0.25, -0.2) is 14.0 Å². The minimum atomic E-state index is -0.767. The zero-order chi connectivity index (χ0) is 15.1. The predicted molar refractivity (Wildman–Crippen MR) is 73.8 cm³/mol. The molecule has 0 heterocycles. The molecule has 2 amide bonds. The second-order valence-corrected chi connectivity index (χ2v) is 4.46. The number of para-hydroxylation sites is 1. The first-order chi connectivity index (χ1) is 9.49. The second kappa shape index (κ2) is 7.47. The Morgan fingerprint density at radius 3 is 2.55 bits per heavy atom. The van der Waals surface area contributed by atoms with Gasteiger partial charge in [-0.3, -0.25) is 0 Å². The Kier molecular flexibility index (Phi) is 5.96. The number of hydrogen-bond donors (Lipinski definition) is 2. The van der Waals surface area contributed by atoms with Crippen molar-refractivity contribution in [1.82, 2.24) is 5.32 Å². The third kappa shape index (κ3) is 4.22. The largest absolute Gasteiger partial charge is 0.467 e. The van der Waals surface area contributed by atoms with Crippen LogP contribution in [0.4, 0.5) is 14.9 Å². The van der Waals surface area contributed by atoms with Crippen molar-refractivity contribution in [3.05, 3.63) is 30.1 Å². The summed E-state index contributed by atoms with van der Waals surface area (Å²) in [5.41, 5.74) is 0.0535. The maximum absolute atomic E-state index is 13.4. The smallest absolute Gasteiger partial charge is 0.328 e. The summed E-state index contributed by atoms with van der Waals surface area (Å²) in [5.74, 6) is -1.15. The van der Waals surface area contributed by atoms with Crippen molar-refractivity contribution < 1.29 is 18.7 Å². The van der Waals surface area contributed by atoms with Crippen molar-refractivity contribution in [3.8, 4) is 0 Å². The highest BCUT2D eigenvalue weighted by Gasteiger charge is 2.26. The van der Waals surface area contributed by atoms with Crippen LogP contribution in [0.15, 0.2) is 24.3 Å². The molecule has 1 aromatic rings. The third-order valence-electron chi connectivity index (χ3n) is 3.08. The van der Waals surface area contributed by atoms with E-state index in [4.69, 9.17) is 0 Å². The number of carbonyl (C=O) groups excluding carboxylic acids is 2. The lowest BCUT2D eigenvalue weighted by Gasteiger charge is -2.22. The molecule has 0 bridgehead atoms. The van der Waals surface area contributed by atoms with Crippen LogP contribution in [-0.4, -0.2) is 25.2 Å². The summed E-state index contributed by atoms with van der Waals surface area (Å²) < 4.78 is 18.1. The molecule has 0 saturated carbocycles. The van der Waals surface area contributed by atoms with Gasteiger partial charge in [-0.1, -0.05) is 32.4 Å². The van der Waals surface area contributed by atoms with Crippen LogP contribution in [0, 0.1) is 11.7 Å². The summed E-state index contributed by atoms with van der Waals surface area (Å²) in [6, 6.07) is 4.38. The van der Waals surface area contributed by atoms with Gasteiger partial charge in [-0.05, 0) is 18.1 Å². The minimum absolute atomic E-state index is 0.0535. The van der Waals surface area contributed by atoms with Gasteiger partial charge in [0.25, 0.3) is 0 Å². The number of benzene rings is 1. The van der Waals surface area contributed by atoms with Crippen molar-refractivity contribution in [1.29, 1.82) is 0 Å². The average molecular weight is 282 g/mol. The van der Waals surface area contributed by atoms with Gasteiger partial charge in [-0.2, -0.15) is 0 Å². The fraction of sp³-hybridized carbons (Fsp3) is 0.429. The number of amides is 2. The van der Waals surface area contributed by atoms with E-state index in [2.05, 4.69) is 15.4 Å². The first-order valence-corrected chi connectivity index (χ1v) is 6.39. The number of carbonyl (C=O) groups is 2. The number of urea groups is 1. The predicted octanol–water partition coefficient (Wildman–Crippen LogP) is 2.53. The number of anilines is 1. The van der Waals surface area contributed by atoms with Gasteiger partial charge in [0.15, 0.2) is 0 Å². The zero-order valence-electron chi connectivity index (χ0n) is 11.8. The number of nitrogens with one attached hydrogen (secondary N) is 2. The molecule has 1 rings (SSSR count). The van der Waals surface area contributed by atoms with Gasteiger partial charge in [0, 0.05) is 0 Å². The van der Waals surface area contributed by atoms with Crippen LogP contribution < -0.4 is 10.6 Å². The molecule has 0 aliphatic rings. The summed E-state index contributed by atoms with van der Waals surface area (Å²) in [6.07, 6.45) is 0.694. The zero-order valence-corrected chi connectivity index (χ0v) is 11.8. The molecule has 0 fully saturated rings. The molecule has 1 aromatic carbocycles. The molecule has 20 heavy (non-hydrogen) atoms. The van der Waals surface area contributed by atoms with Crippen LogP contribution in [0.3, 0.4) is 0 Å². The van der Waals surface area contributed by atoms with Crippen LogP contribution in [-0.2, 0) is 9.53 Å². The number of hydrogen-bond acceptors (Lipinski definition) is 3. The Hall–Kier alpha value is -2.11.